The number of carboxylic acid groups (broad SMARTS) is 1. The van der Waals surface area contributed by atoms with Crippen LogP contribution in [0.4, 0.5) is 4.39 Å². The van der Waals surface area contributed by atoms with Crippen molar-refractivity contribution in [2.45, 2.75) is 26.4 Å². The lowest BCUT2D eigenvalue weighted by Gasteiger charge is -2.10. The van der Waals surface area contributed by atoms with Gasteiger partial charge in [0.1, 0.15) is 6.33 Å². The Morgan fingerprint density at radius 2 is 2.33 bits per heavy atom. The lowest BCUT2D eigenvalue weighted by molar-refractivity contribution is -0.144. The Hall–Kier alpha value is -1.72. The zero-order valence-corrected chi connectivity index (χ0v) is 8.40. The van der Waals surface area contributed by atoms with Gasteiger partial charge in [0.2, 0.25) is 5.82 Å². The van der Waals surface area contributed by atoms with Crippen LogP contribution in [0.15, 0.2) is 6.33 Å². The van der Waals surface area contributed by atoms with E-state index in [1.807, 2.05) is 0 Å². The first kappa shape index (κ1) is 11.4. The number of rotatable bonds is 4. The van der Waals surface area contributed by atoms with Crippen molar-refractivity contribution in [3.8, 4) is 5.88 Å². The predicted octanol–water partition coefficient (Wildman–Crippen LogP) is 1.03. The molecule has 1 aromatic rings. The van der Waals surface area contributed by atoms with Crippen LogP contribution < -0.4 is 4.74 Å². The van der Waals surface area contributed by atoms with Gasteiger partial charge in [-0.3, -0.25) is 0 Å². The van der Waals surface area contributed by atoms with E-state index in [9.17, 15) is 9.18 Å². The first-order valence-corrected chi connectivity index (χ1v) is 4.45. The second-order valence-corrected chi connectivity index (χ2v) is 2.89. The normalized spacial score (nSPS) is 12.2. The van der Waals surface area contributed by atoms with Gasteiger partial charge in [-0.05, 0) is 13.3 Å². The standard InChI is InChI=1S/C9H11FN2O3/c1-3-6-7(10)8(12-4-11-6)15-5(2)9(13)14/h4-5H,3H2,1-2H3,(H,13,14). The zero-order chi connectivity index (χ0) is 11.4. The van der Waals surface area contributed by atoms with E-state index in [1.54, 1.807) is 6.92 Å². The van der Waals surface area contributed by atoms with E-state index in [1.165, 1.54) is 6.92 Å². The van der Waals surface area contributed by atoms with Crippen LogP contribution in [-0.4, -0.2) is 27.1 Å². The number of aliphatic carboxylic acids is 1. The molecule has 0 amide bonds. The van der Waals surface area contributed by atoms with Crippen molar-refractivity contribution in [3.63, 3.8) is 0 Å². The molecule has 0 spiro atoms. The first-order valence-electron chi connectivity index (χ1n) is 4.45. The average molecular weight is 214 g/mol. The summed E-state index contributed by atoms with van der Waals surface area (Å²) in [6, 6.07) is 0. The third-order valence-electron chi connectivity index (χ3n) is 1.80. The zero-order valence-electron chi connectivity index (χ0n) is 8.40. The fourth-order valence-electron chi connectivity index (χ4n) is 0.934. The van der Waals surface area contributed by atoms with Gasteiger partial charge in [0.15, 0.2) is 6.10 Å². The molecule has 1 atom stereocenters. The fourth-order valence-corrected chi connectivity index (χ4v) is 0.934. The molecule has 0 saturated heterocycles. The van der Waals surface area contributed by atoms with E-state index in [-0.39, 0.29) is 11.6 Å². The Morgan fingerprint density at radius 3 is 2.87 bits per heavy atom. The number of carboxylic acids is 1. The molecule has 1 heterocycles. The van der Waals surface area contributed by atoms with Gasteiger partial charge in [0.25, 0.3) is 5.88 Å². The molecule has 0 aromatic carbocycles. The largest absolute Gasteiger partial charge is 0.479 e. The molecule has 5 nitrogen and oxygen atoms in total. The summed E-state index contributed by atoms with van der Waals surface area (Å²) in [5.41, 5.74) is 0.206. The highest BCUT2D eigenvalue weighted by molar-refractivity contribution is 5.72. The predicted molar refractivity (Wildman–Crippen MR) is 49.1 cm³/mol. The number of hydrogen-bond acceptors (Lipinski definition) is 4. The Morgan fingerprint density at radius 1 is 1.67 bits per heavy atom. The molecule has 0 aliphatic rings. The molecule has 1 rings (SSSR count). The molecule has 82 valence electrons. The fraction of sp³-hybridized carbons (Fsp3) is 0.444. The lowest BCUT2D eigenvalue weighted by atomic mass is 10.3. The van der Waals surface area contributed by atoms with E-state index >= 15 is 0 Å². The van der Waals surface area contributed by atoms with Crippen molar-refractivity contribution in [3.05, 3.63) is 17.8 Å². The number of carbonyl (C=O) groups is 1. The molecule has 0 bridgehead atoms. The van der Waals surface area contributed by atoms with Crippen LogP contribution in [0, 0.1) is 5.82 Å². The van der Waals surface area contributed by atoms with Crippen LogP contribution in [-0.2, 0) is 11.2 Å². The highest BCUT2D eigenvalue weighted by Gasteiger charge is 2.18. The van der Waals surface area contributed by atoms with Gasteiger partial charge in [0.05, 0.1) is 5.69 Å². The van der Waals surface area contributed by atoms with Crippen LogP contribution in [0.3, 0.4) is 0 Å². The minimum absolute atomic E-state index is 0.206. The highest BCUT2D eigenvalue weighted by Crippen LogP contribution is 2.16. The van der Waals surface area contributed by atoms with Crippen molar-refractivity contribution in [2.24, 2.45) is 0 Å². The number of aromatic nitrogens is 2. The van der Waals surface area contributed by atoms with E-state index in [0.29, 0.717) is 6.42 Å². The van der Waals surface area contributed by atoms with Gasteiger partial charge in [-0.2, -0.15) is 9.37 Å². The van der Waals surface area contributed by atoms with Gasteiger partial charge >= 0.3 is 5.97 Å². The van der Waals surface area contributed by atoms with Crippen molar-refractivity contribution >= 4 is 5.97 Å². The van der Waals surface area contributed by atoms with Crippen molar-refractivity contribution in [1.82, 2.24) is 9.97 Å². The number of halogens is 1. The third-order valence-corrected chi connectivity index (χ3v) is 1.80. The second-order valence-electron chi connectivity index (χ2n) is 2.89. The summed E-state index contributed by atoms with van der Waals surface area (Å²) in [5.74, 6) is -2.20. The van der Waals surface area contributed by atoms with Crippen molar-refractivity contribution < 1.29 is 19.0 Å². The van der Waals surface area contributed by atoms with Gasteiger partial charge in [-0.1, -0.05) is 6.92 Å². The maximum absolute atomic E-state index is 13.5. The molecule has 0 fully saturated rings. The van der Waals surface area contributed by atoms with E-state index in [0.717, 1.165) is 6.33 Å². The number of ether oxygens (including phenoxy) is 1. The molecule has 6 heteroatoms. The minimum atomic E-state index is -1.17. The molecule has 1 unspecified atom stereocenters. The van der Waals surface area contributed by atoms with Crippen LogP contribution in [0.25, 0.3) is 0 Å². The molecular formula is C9H11FN2O3. The molecule has 0 aliphatic heterocycles. The van der Waals surface area contributed by atoms with Crippen molar-refractivity contribution in [2.75, 3.05) is 0 Å². The van der Waals surface area contributed by atoms with Crippen LogP contribution in [0.2, 0.25) is 0 Å². The third kappa shape index (κ3) is 2.61. The first-order chi connectivity index (χ1) is 7.06. The lowest BCUT2D eigenvalue weighted by Crippen LogP contribution is -2.24. The SMILES string of the molecule is CCc1ncnc(OC(C)C(=O)O)c1F. The summed E-state index contributed by atoms with van der Waals surface area (Å²) in [7, 11) is 0. The van der Waals surface area contributed by atoms with Crippen molar-refractivity contribution in [1.29, 1.82) is 0 Å². The number of hydrogen-bond donors (Lipinski definition) is 1. The molecule has 0 radical (unpaired) electrons. The average Bonchev–Trinajstić information content (AvgIpc) is 2.21. The summed E-state index contributed by atoms with van der Waals surface area (Å²) in [4.78, 5) is 17.7. The summed E-state index contributed by atoms with van der Waals surface area (Å²) < 4.78 is 18.3. The molecule has 0 saturated carbocycles. The highest BCUT2D eigenvalue weighted by atomic mass is 19.1. The maximum Gasteiger partial charge on any atom is 0.344 e. The second kappa shape index (κ2) is 4.68. The Labute approximate surface area is 85.9 Å². The van der Waals surface area contributed by atoms with E-state index < -0.39 is 17.9 Å². The van der Waals surface area contributed by atoms with Gasteiger partial charge < -0.3 is 9.84 Å². The van der Waals surface area contributed by atoms with Crippen LogP contribution in [0.1, 0.15) is 19.5 Å². The Bertz CT molecular complexity index is 370. The molecule has 0 aliphatic carbocycles. The molecule has 1 N–H and O–H groups in total. The minimum Gasteiger partial charge on any atom is -0.479 e. The maximum atomic E-state index is 13.5. The summed E-state index contributed by atoms with van der Waals surface area (Å²) in [5, 5.41) is 8.57. The van der Waals surface area contributed by atoms with Gasteiger partial charge in [0, 0.05) is 0 Å². The quantitative estimate of drug-likeness (QED) is 0.810. The molecule has 1 aromatic heterocycles. The summed E-state index contributed by atoms with van der Waals surface area (Å²) in [6.07, 6.45) is 0.400. The van der Waals surface area contributed by atoms with E-state index in [4.69, 9.17) is 9.84 Å². The van der Waals surface area contributed by atoms with Gasteiger partial charge in [-0.25, -0.2) is 9.78 Å². The molecular weight excluding hydrogens is 203 g/mol. The molecule has 15 heavy (non-hydrogen) atoms. The van der Waals surface area contributed by atoms with Crippen LogP contribution >= 0.6 is 0 Å². The van der Waals surface area contributed by atoms with Crippen LogP contribution in [0.5, 0.6) is 5.88 Å². The monoisotopic (exact) mass is 214 g/mol. The Kier molecular flexibility index (Phi) is 3.54. The smallest absolute Gasteiger partial charge is 0.344 e. The number of aryl methyl sites for hydroxylation is 1. The number of nitrogens with zero attached hydrogens (tertiary/aromatic N) is 2. The summed E-state index contributed by atoms with van der Waals surface area (Å²) >= 11 is 0. The van der Waals surface area contributed by atoms with Gasteiger partial charge in [-0.15, -0.1) is 0 Å². The Balaban J connectivity index is 2.90. The van der Waals surface area contributed by atoms with E-state index in [2.05, 4.69) is 9.97 Å². The summed E-state index contributed by atoms with van der Waals surface area (Å²) in [6.45, 7) is 3.03. The topological polar surface area (TPSA) is 72.3 Å².